The Hall–Kier alpha value is -0.860. The van der Waals surface area contributed by atoms with Crippen molar-refractivity contribution in [3.8, 4) is 0 Å². The van der Waals surface area contributed by atoms with Gasteiger partial charge in [-0.1, -0.05) is 37.3 Å². The molecular formula is C13H21NO. The van der Waals surface area contributed by atoms with Crippen LogP contribution in [-0.2, 0) is 6.42 Å². The molecule has 0 bridgehead atoms. The molecule has 1 rings (SSSR count). The molecule has 0 aliphatic rings. The van der Waals surface area contributed by atoms with Gasteiger partial charge in [-0.3, -0.25) is 0 Å². The van der Waals surface area contributed by atoms with Crippen molar-refractivity contribution >= 4 is 0 Å². The van der Waals surface area contributed by atoms with Gasteiger partial charge in [0, 0.05) is 0 Å². The molecule has 0 spiro atoms. The van der Waals surface area contributed by atoms with E-state index in [0.29, 0.717) is 0 Å². The van der Waals surface area contributed by atoms with Crippen LogP contribution in [0.5, 0.6) is 0 Å². The quantitative estimate of drug-likeness (QED) is 0.670. The van der Waals surface area contributed by atoms with Crippen LogP contribution in [0.3, 0.4) is 0 Å². The van der Waals surface area contributed by atoms with Gasteiger partial charge in [-0.2, -0.15) is 0 Å². The van der Waals surface area contributed by atoms with Crippen molar-refractivity contribution in [3.05, 3.63) is 35.9 Å². The normalized spacial score (nSPS) is 12.7. The number of aliphatic hydroxyl groups is 1. The lowest BCUT2D eigenvalue weighted by Gasteiger charge is -2.08. The van der Waals surface area contributed by atoms with Crippen LogP contribution in [0, 0.1) is 0 Å². The molecule has 0 saturated heterocycles. The van der Waals surface area contributed by atoms with E-state index in [4.69, 9.17) is 0 Å². The van der Waals surface area contributed by atoms with E-state index in [1.165, 1.54) is 5.56 Å². The maximum absolute atomic E-state index is 9.33. The largest absolute Gasteiger partial charge is 0.393 e. The lowest BCUT2D eigenvalue weighted by atomic mass is 10.1. The number of aliphatic hydroxyl groups excluding tert-OH is 1. The van der Waals surface area contributed by atoms with Crippen molar-refractivity contribution < 1.29 is 5.11 Å². The molecule has 0 radical (unpaired) electrons. The standard InChI is InChI=1S/C13H21NO/c1-2-13(15)9-11-14-10-8-12-6-4-3-5-7-12/h3-7,13-15H,2,8-11H2,1H3. The third-order valence-corrected chi connectivity index (χ3v) is 2.56. The van der Waals surface area contributed by atoms with Crippen LogP contribution in [0.2, 0.25) is 0 Å². The highest BCUT2D eigenvalue weighted by molar-refractivity contribution is 5.14. The highest BCUT2D eigenvalue weighted by Gasteiger charge is 1.98. The molecule has 0 aliphatic heterocycles. The van der Waals surface area contributed by atoms with Gasteiger partial charge < -0.3 is 10.4 Å². The van der Waals surface area contributed by atoms with E-state index >= 15 is 0 Å². The molecule has 15 heavy (non-hydrogen) atoms. The van der Waals surface area contributed by atoms with Gasteiger partial charge in [0.25, 0.3) is 0 Å². The van der Waals surface area contributed by atoms with Crippen molar-refractivity contribution in [2.45, 2.75) is 32.3 Å². The molecule has 84 valence electrons. The maximum Gasteiger partial charge on any atom is 0.0549 e. The van der Waals surface area contributed by atoms with Crippen LogP contribution in [0.4, 0.5) is 0 Å². The zero-order valence-corrected chi connectivity index (χ0v) is 9.45. The maximum atomic E-state index is 9.33. The Balaban J connectivity index is 2.03. The first kappa shape index (κ1) is 12.2. The second-order valence-corrected chi connectivity index (χ2v) is 3.84. The number of hydrogen-bond donors (Lipinski definition) is 2. The molecule has 1 aromatic rings. The summed E-state index contributed by atoms with van der Waals surface area (Å²) in [7, 11) is 0. The third kappa shape index (κ3) is 5.55. The SMILES string of the molecule is CCC(O)CCNCCc1ccccc1. The van der Waals surface area contributed by atoms with Crippen LogP contribution in [0.15, 0.2) is 30.3 Å². The van der Waals surface area contributed by atoms with Gasteiger partial charge in [0.05, 0.1) is 6.10 Å². The van der Waals surface area contributed by atoms with E-state index < -0.39 is 0 Å². The fourth-order valence-electron chi connectivity index (χ4n) is 1.48. The van der Waals surface area contributed by atoms with E-state index in [1.54, 1.807) is 0 Å². The number of rotatable bonds is 7. The fourth-order valence-corrected chi connectivity index (χ4v) is 1.48. The smallest absolute Gasteiger partial charge is 0.0549 e. The average Bonchev–Trinajstić information content (AvgIpc) is 2.29. The van der Waals surface area contributed by atoms with Gasteiger partial charge in [-0.05, 0) is 37.9 Å². The Morgan fingerprint density at radius 1 is 1.20 bits per heavy atom. The molecule has 1 unspecified atom stereocenters. The summed E-state index contributed by atoms with van der Waals surface area (Å²) in [5.74, 6) is 0. The van der Waals surface area contributed by atoms with E-state index in [-0.39, 0.29) is 6.10 Å². The Labute approximate surface area is 92.3 Å². The minimum absolute atomic E-state index is 0.144. The molecule has 2 nitrogen and oxygen atoms in total. The summed E-state index contributed by atoms with van der Waals surface area (Å²) in [4.78, 5) is 0. The Bertz CT molecular complexity index is 248. The first-order chi connectivity index (χ1) is 7.33. The lowest BCUT2D eigenvalue weighted by molar-refractivity contribution is 0.160. The lowest BCUT2D eigenvalue weighted by Crippen LogP contribution is -2.22. The van der Waals surface area contributed by atoms with Crippen LogP contribution in [-0.4, -0.2) is 24.3 Å². The van der Waals surface area contributed by atoms with Gasteiger partial charge in [0.15, 0.2) is 0 Å². The number of hydrogen-bond acceptors (Lipinski definition) is 2. The molecule has 2 N–H and O–H groups in total. The second kappa shape index (κ2) is 7.43. The molecular weight excluding hydrogens is 186 g/mol. The molecule has 0 amide bonds. The van der Waals surface area contributed by atoms with E-state index in [0.717, 1.165) is 32.4 Å². The van der Waals surface area contributed by atoms with Gasteiger partial charge in [0.2, 0.25) is 0 Å². The van der Waals surface area contributed by atoms with E-state index in [2.05, 4.69) is 29.6 Å². The zero-order chi connectivity index (χ0) is 10.9. The van der Waals surface area contributed by atoms with Gasteiger partial charge in [-0.15, -0.1) is 0 Å². The van der Waals surface area contributed by atoms with Gasteiger partial charge >= 0.3 is 0 Å². The first-order valence-corrected chi connectivity index (χ1v) is 5.75. The fraction of sp³-hybridized carbons (Fsp3) is 0.538. The van der Waals surface area contributed by atoms with E-state index in [1.807, 2.05) is 13.0 Å². The third-order valence-electron chi connectivity index (χ3n) is 2.56. The molecule has 1 aromatic carbocycles. The van der Waals surface area contributed by atoms with Crippen LogP contribution >= 0.6 is 0 Å². The van der Waals surface area contributed by atoms with Crippen LogP contribution in [0.1, 0.15) is 25.3 Å². The minimum atomic E-state index is -0.144. The average molecular weight is 207 g/mol. The summed E-state index contributed by atoms with van der Waals surface area (Å²) in [5.41, 5.74) is 1.36. The monoisotopic (exact) mass is 207 g/mol. The van der Waals surface area contributed by atoms with Crippen molar-refractivity contribution in [1.29, 1.82) is 0 Å². The number of benzene rings is 1. The molecule has 1 atom stereocenters. The summed E-state index contributed by atoms with van der Waals surface area (Å²) >= 11 is 0. The summed E-state index contributed by atoms with van der Waals surface area (Å²) in [6, 6.07) is 10.5. The van der Waals surface area contributed by atoms with Crippen molar-refractivity contribution in [1.82, 2.24) is 5.32 Å². The van der Waals surface area contributed by atoms with E-state index in [9.17, 15) is 5.11 Å². The summed E-state index contributed by atoms with van der Waals surface area (Å²) in [6.07, 6.45) is 2.61. The van der Waals surface area contributed by atoms with Crippen molar-refractivity contribution in [2.24, 2.45) is 0 Å². The topological polar surface area (TPSA) is 32.3 Å². The Kier molecular flexibility index (Phi) is 6.05. The predicted octanol–water partition coefficient (Wildman–Crippen LogP) is 1.98. The highest BCUT2D eigenvalue weighted by atomic mass is 16.3. The van der Waals surface area contributed by atoms with Crippen LogP contribution in [0.25, 0.3) is 0 Å². The Morgan fingerprint density at radius 3 is 2.60 bits per heavy atom. The molecule has 0 aromatic heterocycles. The minimum Gasteiger partial charge on any atom is -0.393 e. The molecule has 0 saturated carbocycles. The number of nitrogens with one attached hydrogen (secondary N) is 1. The zero-order valence-electron chi connectivity index (χ0n) is 9.45. The highest BCUT2D eigenvalue weighted by Crippen LogP contribution is 1.98. The molecule has 0 aliphatic carbocycles. The summed E-state index contributed by atoms with van der Waals surface area (Å²) in [5, 5.41) is 12.7. The summed E-state index contributed by atoms with van der Waals surface area (Å²) in [6.45, 7) is 3.90. The first-order valence-electron chi connectivity index (χ1n) is 5.75. The van der Waals surface area contributed by atoms with Crippen LogP contribution < -0.4 is 5.32 Å². The summed E-state index contributed by atoms with van der Waals surface area (Å²) < 4.78 is 0. The van der Waals surface area contributed by atoms with Gasteiger partial charge in [-0.25, -0.2) is 0 Å². The van der Waals surface area contributed by atoms with Gasteiger partial charge in [0.1, 0.15) is 0 Å². The molecule has 2 heteroatoms. The predicted molar refractivity (Wildman–Crippen MR) is 63.9 cm³/mol. The molecule has 0 heterocycles. The van der Waals surface area contributed by atoms with Crippen molar-refractivity contribution in [2.75, 3.05) is 13.1 Å². The molecule has 0 fully saturated rings. The van der Waals surface area contributed by atoms with Crippen molar-refractivity contribution in [3.63, 3.8) is 0 Å². The Morgan fingerprint density at radius 2 is 1.93 bits per heavy atom. The second-order valence-electron chi connectivity index (χ2n) is 3.84.